The van der Waals surface area contributed by atoms with E-state index in [9.17, 15) is 13.2 Å². The van der Waals surface area contributed by atoms with Gasteiger partial charge in [0.15, 0.2) is 0 Å². The number of amides is 1. The van der Waals surface area contributed by atoms with Gasteiger partial charge in [0.2, 0.25) is 10.0 Å². The van der Waals surface area contributed by atoms with Gasteiger partial charge in [0.05, 0.1) is 17.2 Å². The SMILES string of the molecule is COCCCN(C)C(=O)c1ccc(Cl)c(S(=O)(=O)N2CC(C)OC(C)C2)c1. The fourth-order valence-corrected chi connectivity index (χ4v) is 5.16. The Kier molecular flexibility index (Phi) is 7.64. The van der Waals surface area contributed by atoms with Gasteiger partial charge in [-0.15, -0.1) is 0 Å². The van der Waals surface area contributed by atoms with Gasteiger partial charge in [0.25, 0.3) is 5.91 Å². The predicted octanol–water partition coefficient (Wildman–Crippen LogP) is 2.25. The molecule has 7 nitrogen and oxygen atoms in total. The molecule has 2 atom stereocenters. The number of morpholine rings is 1. The van der Waals surface area contributed by atoms with E-state index < -0.39 is 10.0 Å². The number of sulfonamides is 1. The first-order valence-corrected chi connectivity index (χ1v) is 10.7. The lowest BCUT2D eigenvalue weighted by Gasteiger charge is -2.34. The molecular weight excluding hydrogens is 392 g/mol. The fraction of sp³-hybridized carbons (Fsp3) is 0.611. The molecule has 1 aliphatic heterocycles. The van der Waals surface area contributed by atoms with E-state index in [2.05, 4.69) is 0 Å². The summed E-state index contributed by atoms with van der Waals surface area (Å²) in [5.41, 5.74) is 0.284. The van der Waals surface area contributed by atoms with E-state index in [0.29, 0.717) is 19.6 Å². The molecule has 2 rings (SSSR count). The zero-order valence-electron chi connectivity index (χ0n) is 16.1. The Hall–Kier alpha value is -1.19. The van der Waals surface area contributed by atoms with Crippen molar-refractivity contribution in [3.63, 3.8) is 0 Å². The normalized spacial score (nSPS) is 21.2. The van der Waals surface area contributed by atoms with Crippen LogP contribution in [0.25, 0.3) is 0 Å². The molecule has 1 aromatic carbocycles. The molecule has 0 saturated carbocycles. The fourth-order valence-electron chi connectivity index (χ4n) is 3.07. The Bertz CT molecular complexity index is 761. The van der Waals surface area contributed by atoms with Crippen LogP contribution in [0.3, 0.4) is 0 Å². The van der Waals surface area contributed by atoms with Crippen molar-refractivity contribution in [2.45, 2.75) is 37.4 Å². The number of rotatable bonds is 7. The lowest BCUT2D eigenvalue weighted by atomic mass is 10.2. The van der Waals surface area contributed by atoms with Gasteiger partial charge in [-0.1, -0.05) is 11.6 Å². The maximum atomic E-state index is 13.1. The van der Waals surface area contributed by atoms with Crippen LogP contribution in [0.15, 0.2) is 23.1 Å². The zero-order chi connectivity index (χ0) is 20.2. The summed E-state index contributed by atoms with van der Waals surface area (Å²) in [5.74, 6) is -0.261. The lowest BCUT2D eigenvalue weighted by molar-refractivity contribution is -0.0440. The number of benzene rings is 1. The van der Waals surface area contributed by atoms with Crippen LogP contribution < -0.4 is 0 Å². The molecule has 0 spiro atoms. The minimum Gasteiger partial charge on any atom is -0.385 e. The third-order valence-electron chi connectivity index (χ3n) is 4.37. The number of ether oxygens (including phenoxy) is 2. The van der Waals surface area contributed by atoms with Gasteiger partial charge in [0, 0.05) is 46.0 Å². The first-order valence-electron chi connectivity index (χ1n) is 8.86. The summed E-state index contributed by atoms with van der Waals surface area (Å²) in [4.78, 5) is 14.1. The molecule has 1 aromatic rings. The summed E-state index contributed by atoms with van der Waals surface area (Å²) in [6, 6.07) is 4.36. The third kappa shape index (κ3) is 5.42. The number of nitrogens with zero attached hydrogens (tertiary/aromatic N) is 2. The molecule has 1 fully saturated rings. The maximum absolute atomic E-state index is 13.1. The summed E-state index contributed by atoms with van der Waals surface area (Å²) in [6.45, 7) is 5.21. The molecule has 27 heavy (non-hydrogen) atoms. The smallest absolute Gasteiger partial charge is 0.253 e. The number of hydrogen-bond donors (Lipinski definition) is 0. The Balaban J connectivity index is 2.27. The molecule has 1 heterocycles. The Morgan fingerprint density at radius 1 is 1.33 bits per heavy atom. The van der Waals surface area contributed by atoms with Gasteiger partial charge >= 0.3 is 0 Å². The first-order chi connectivity index (χ1) is 12.7. The molecule has 0 bridgehead atoms. The molecule has 1 aliphatic rings. The van der Waals surface area contributed by atoms with E-state index in [1.165, 1.54) is 21.3 Å². The highest BCUT2D eigenvalue weighted by Gasteiger charge is 2.34. The Morgan fingerprint density at radius 3 is 2.56 bits per heavy atom. The number of carbonyl (C=O) groups excluding carboxylic acids is 1. The van der Waals surface area contributed by atoms with Crippen LogP contribution in [-0.2, 0) is 19.5 Å². The standard InChI is InChI=1S/C18H27ClN2O5S/c1-13-11-21(12-14(2)26-13)27(23,24)17-10-15(6-7-16(17)19)18(22)20(3)8-5-9-25-4/h6-7,10,13-14H,5,8-9,11-12H2,1-4H3. The summed E-state index contributed by atoms with van der Waals surface area (Å²) < 4.78 is 38.2. The van der Waals surface area contributed by atoms with Crippen molar-refractivity contribution in [2.24, 2.45) is 0 Å². The van der Waals surface area contributed by atoms with E-state index in [4.69, 9.17) is 21.1 Å². The van der Waals surface area contributed by atoms with Crippen molar-refractivity contribution < 1.29 is 22.7 Å². The summed E-state index contributed by atoms with van der Waals surface area (Å²) in [5, 5.41) is 0.0976. The number of carbonyl (C=O) groups is 1. The van der Waals surface area contributed by atoms with Crippen LogP contribution in [0.5, 0.6) is 0 Å². The van der Waals surface area contributed by atoms with Crippen molar-refractivity contribution in [1.82, 2.24) is 9.21 Å². The van der Waals surface area contributed by atoms with Gasteiger partial charge < -0.3 is 14.4 Å². The second-order valence-corrected chi connectivity index (χ2v) is 9.11. The van der Waals surface area contributed by atoms with Crippen LogP contribution in [0, 0.1) is 0 Å². The van der Waals surface area contributed by atoms with Gasteiger partial charge in [0.1, 0.15) is 4.90 Å². The van der Waals surface area contributed by atoms with Crippen LogP contribution in [0.1, 0.15) is 30.6 Å². The third-order valence-corrected chi connectivity index (χ3v) is 6.68. The van der Waals surface area contributed by atoms with Crippen LogP contribution in [0.4, 0.5) is 0 Å². The summed E-state index contributed by atoms with van der Waals surface area (Å²) in [6.07, 6.45) is 0.277. The van der Waals surface area contributed by atoms with Gasteiger partial charge in [-0.05, 0) is 38.5 Å². The molecule has 0 aliphatic carbocycles. The highest BCUT2D eigenvalue weighted by Crippen LogP contribution is 2.28. The van der Waals surface area contributed by atoms with Crippen LogP contribution in [0.2, 0.25) is 5.02 Å². The molecule has 2 unspecified atom stereocenters. The molecular formula is C18H27ClN2O5S. The maximum Gasteiger partial charge on any atom is 0.253 e. The highest BCUT2D eigenvalue weighted by atomic mass is 35.5. The number of halogens is 1. The number of methoxy groups -OCH3 is 1. The zero-order valence-corrected chi connectivity index (χ0v) is 17.7. The van der Waals surface area contributed by atoms with E-state index in [1.807, 2.05) is 13.8 Å². The van der Waals surface area contributed by atoms with Gasteiger partial charge in [-0.2, -0.15) is 4.31 Å². The average Bonchev–Trinajstić information content (AvgIpc) is 2.60. The molecule has 0 radical (unpaired) electrons. The Labute approximate surface area is 166 Å². The van der Waals surface area contributed by atoms with E-state index in [-0.39, 0.29) is 46.7 Å². The largest absolute Gasteiger partial charge is 0.385 e. The first kappa shape index (κ1) is 22.1. The van der Waals surface area contributed by atoms with Crippen molar-refractivity contribution in [2.75, 3.05) is 40.4 Å². The summed E-state index contributed by atoms with van der Waals surface area (Å²) >= 11 is 6.18. The lowest BCUT2D eigenvalue weighted by Crippen LogP contribution is -2.48. The molecule has 0 N–H and O–H groups in total. The van der Waals surface area contributed by atoms with Crippen molar-refractivity contribution in [3.8, 4) is 0 Å². The van der Waals surface area contributed by atoms with Crippen LogP contribution in [-0.4, -0.2) is 76.1 Å². The van der Waals surface area contributed by atoms with Crippen molar-refractivity contribution in [1.29, 1.82) is 0 Å². The van der Waals surface area contributed by atoms with Crippen LogP contribution >= 0.6 is 11.6 Å². The van der Waals surface area contributed by atoms with Gasteiger partial charge in [-0.25, -0.2) is 8.42 Å². The summed E-state index contributed by atoms with van der Waals surface area (Å²) in [7, 11) is -0.555. The topological polar surface area (TPSA) is 76.2 Å². The molecule has 9 heteroatoms. The minimum atomic E-state index is -3.83. The number of hydrogen-bond acceptors (Lipinski definition) is 5. The van der Waals surface area contributed by atoms with Gasteiger partial charge in [-0.3, -0.25) is 4.79 Å². The van der Waals surface area contributed by atoms with E-state index in [1.54, 1.807) is 20.2 Å². The molecule has 1 amide bonds. The monoisotopic (exact) mass is 418 g/mol. The van der Waals surface area contributed by atoms with E-state index >= 15 is 0 Å². The predicted molar refractivity (Wildman–Crippen MR) is 104 cm³/mol. The van der Waals surface area contributed by atoms with Crippen molar-refractivity contribution >= 4 is 27.5 Å². The molecule has 152 valence electrons. The second-order valence-electron chi connectivity index (χ2n) is 6.80. The Morgan fingerprint density at radius 2 is 1.96 bits per heavy atom. The second kappa shape index (κ2) is 9.34. The quantitative estimate of drug-likeness (QED) is 0.635. The van der Waals surface area contributed by atoms with E-state index in [0.717, 1.165) is 0 Å². The minimum absolute atomic E-state index is 0.0541. The molecule has 1 saturated heterocycles. The molecule has 0 aromatic heterocycles. The van der Waals surface area contributed by atoms with Crippen molar-refractivity contribution in [3.05, 3.63) is 28.8 Å². The highest BCUT2D eigenvalue weighted by molar-refractivity contribution is 7.89. The average molecular weight is 419 g/mol.